The second-order valence-corrected chi connectivity index (χ2v) is 9.88. The number of H-pyrrole nitrogens is 1. The highest BCUT2D eigenvalue weighted by Gasteiger charge is 2.20. The van der Waals surface area contributed by atoms with Crippen LogP contribution in [0.25, 0.3) is 22.9 Å². The fraction of sp³-hybridized carbons (Fsp3) is 0.172. The first-order chi connectivity index (χ1) is 21.3. The topological polar surface area (TPSA) is 175 Å². The van der Waals surface area contributed by atoms with Gasteiger partial charge in [0.2, 0.25) is 5.91 Å². The zero-order valence-electron chi connectivity index (χ0n) is 23.6. The molecule has 3 heterocycles. The minimum Gasteiger partial charge on any atom is -0.453 e. The van der Waals surface area contributed by atoms with Crippen molar-refractivity contribution in [1.82, 2.24) is 45.5 Å². The largest absolute Gasteiger partial charge is 0.453 e. The van der Waals surface area contributed by atoms with Gasteiger partial charge >= 0.3 is 6.09 Å². The van der Waals surface area contributed by atoms with Crippen LogP contribution in [-0.4, -0.2) is 59.3 Å². The van der Waals surface area contributed by atoms with E-state index in [1.54, 1.807) is 59.3 Å². The van der Waals surface area contributed by atoms with Gasteiger partial charge in [0.05, 0.1) is 35.8 Å². The molecule has 44 heavy (non-hydrogen) atoms. The number of hydrogen-bond acceptors (Lipinski definition) is 9. The number of aromatic amines is 1. The highest BCUT2D eigenvalue weighted by molar-refractivity contribution is 6.30. The number of tetrazole rings is 1. The van der Waals surface area contributed by atoms with Crippen molar-refractivity contribution in [3.8, 4) is 16.8 Å². The molecule has 1 unspecified atom stereocenters. The number of aromatic nitrogens is 8. The highest BCUT2D eigenvalue weighted by Crippen LogP contribution is 2.23. The third-order valence-corrected chi connectivity index (χ3v) is 6.79. The number of nitrogens with one attached hydrogen (secondary N) is 3. The van der Waals surface area contributed by atoms with Crippen LogP contribution in [0.3, 0.4) is 0 Å². The van der Waals surface area contributed by atoms with Crippen molar-refractivity contribution in [2.75, 3.05) is 12.4 Å². The van der Waals surface area contributed by atoms with Gasteiger partial charge in [0.25, 0.3) is 5.56 Å². The number of anilines is 1. The molecule has 0 fully saturated rings. The minimum absolute atomic E-state index is 0.306. The molecule has 0 radical (unpaired) electrons. The molecule has 224 valence electrons. The van der Waals surface area contributed by atoms with E-state index >= 15 is 0 Å². The molecule has 2 amide bonds. The summed E-state index contributed by atoms with van der Waals surface area (Å²) in [5, 5.41) is 28.6. The van der Waals surface area contributed by atoms with Gasteiger partial charge in [-0.15, -0.1) is 5.10 Å². The van der Waals surface area contributed by atoms with E-state index in [4.69, 9.17) is 11.6 Å². The number of halogens is 1. The van der Waals surface area contributed by atoms with Crippen molar-refractivity contribution in [2.24, 2.45) is 0 Å². The maximum Gasteiger partial charge on any atom is 0.411 e. The van der Waals surface area contributed by atoms with Crippen LogP contribution in [0, 0.1) is 0 Å². The predicted molar refractivity (Wildman–Crippen MR) is 162 cm³/mol. The van der Waals surface area contributed by atoms with Crippen LogP contribution < -0.4 is 16.2 Å². The number of benzene rings is 2. The number of methoxy groups -OCH3 is 1. The number of ether oxygens (including phenoxy) is 1. The van der Waals surface area contributed by atoms with Gasteiger partial charge in [0.15, 0.2) is 0 Å². The molecule has 15 heteroatoms. The molecule has 0 saturated heterocycles. The summed E-state index contributed by atoms with van der Waals surface area (Å²) >= 11 is 6.21. The summed E-state index contributed by atoms with van der Waals surface area (Å²) in [6.45, 7) is 2.66. The zero-order valence-corrected chi connectivity index (χ0v) is 24.4. The van der Waals surface area contributed by atoms with Crippen molar-refractivity contribution in [3.05, 3.63) is 106 Å². The van der Waals surface area contributed by atoms with Crippen molar-refractivity contribution in [1.29, 1.82) is 0 Å². The number of aryl methyl sites for hydroxylation is 1. The summed E-state index contributed by atoms with van der Waals surface area (Å²) < 4.78 is 7.86. The van der Waals surface area contributed by atoms with Crippen LogP contribution in [0.5, 0.6) is 0 Å². The summed E-state index contributed by atoms with van der Waals surface area (Å²) in [4.78, 5) is 37.6. The van der Waals surface area contributed by atoms with Crippen LogP contribution in [0.2, 0.25) is 5.02 Å². The average molecular weight is 615 g/mol. The Labute approximate surface area is 255 Å². The van der Waals surface area contributed by atoms with E-state index in [1.807, 2.05) is 19.2 Å². The van der Waals surface area contributed by atoms with Crippen LogP contribution in [0.15, 0.2) is 78.0 Å². The van der Waals surface area contributed by atoms with Gasteiger partial charge in [0.1, 0.15) is 6.33 Å². The fourth-order valence-corrected chi connectivity index (χ4v) is 4.55. The van der Waals surface area contributed by atoms with Crippen LogP contribution in [-0.2, 0) is 22.5 Å². The molecule has 14 nitrogen and oxygen atoms in total. The van der Waals surface area contributed by atoms with E-state index < -0.39 is 23.6 Å². The summed E-state index contributed by atoms with van der Waals surface area (Å²) in [6.07, 6.45) is 5.97. The first kappa shape index (κ1) is 29.8. The van der Waals surface area contributed by atoms with E-state index in [9.17, 15) is 14.4 Å². The molecule has 0 aliphatic carbocycles. The van der Waals surface area contributed by atoms with Crippen LogP contribution >= 0.6 is 11.6 Å². The van der Waals surface area contributed by atoms with Gasteiger partial charge in [-0.05, 0) is 71.5 Å². The van der Waals surface area contributed by atoms with Gasteiger partial charge in [-0.2, -0.15) is 14.9 Å². The van der Waals surface area contributed by atoms with E-state index in [2.05, 4.69) is 46.2 Å². The quantitative estimate of drug-likeness (QED) is 0.199. The molecule has 1 atom stereocenters. The molecular formula is C29H27ClN10O4. The summed E-state index contributed by atoms with van der Waals surface area (Å²) in [7, 11) is 1.27. The lowest BCUT2D eigenvalue weighted by Gasteiger charge is -2.17. The molecule has 5 rings (SSSR count). The minimum atomic E-state index is -0.651. The number of rotatable bonds is 10. The first-order valence-electron chi connectivity index (χ1n) is 13.4. The number of amides is 2. The molecule has 0 saturated carbocycles. The van der Waals surface area contributed by atoms with Gasteiger partial charge in [-0.1, -0.05) is 23.7 Å². The molecule has 0 aliphatic rings. The Morgan fingerprint density at radius 1 is 1.14 bits per heavy atom. The van der Waals surface area contributed by atoms with Crippen LogP contribution in [0.1, 0.15) is 29.9 Å². The molecule has 3 N–H and O–H groups in total. The molecule has 0 bridgehead atoms. The highest BCUT2D eigenvalue weighted by atomic mass is 35.5. The zero-order chi connectivity index (χ0) is 31.1. The molecule has 5 aromatic rings. The smallest absolute Gasteiger partial charge is 0.411 e. The number of hydrogen-bond donors (Lipinski definition) is 3. The maximum absolute atomic E-state index is 13.3. The monoisotopic (exact) mass is 614 g/mol. The third-order valence-electron chi connectivity index (χ3n) is 6.56. The van der Waals surface area contributed by atoms with Crippen LogP contribution in [0.4, 0.5) is 10.5 Å². The Morgan fingerprint density at radius 2 is 1.95 bits per heavy atom. The van der Waals surface area contributed by atoms with Crippen molar-refractivity contribution in [2.45, 2.75) is 25.9 Å². The Bertz CT molecular complexity index is 1850. The normalized spacial score (nSPS) is 11.8. The third kappa shape index (κ3) is 7.22. The van der Waals surface area contributed by atoms with E-state index in [0.29, 0.717) is 51.7 Å². The summed E-state index contributed by atoms with van der Waals surface area (Å²) in [5.74, 6) is -0.416. The van der Waals surface area contributed by atoms with E-state index in [0.717, 1.165) is 5.69 Å². The summed E-state index contributed by atoms with van der Waals surface area (Å²) in [6, 6.07) is 14.6. The van der Waals surface area contributed by atoms with Gasteiger partial charge < -0.3 is 10.1 Å². The van der Waals surface area contributed by atoms with Crippen molar-refractivity contribution in [3.63, 3.8) is 0 Å². The van der Waals surface area contributed by atoms with Gasteiger partial charge in [0, 0.05) is 41.5 Å². The van der Waals surface area contributed by atoms with E-state index in [-0.39, 0.29) is 0 Å². The van der Waals surface area contributed by atoms with Gasteiger partial charge in [-0.3, -0.25) is 19.6 Å². The molecule has 0 spiro atoms. The van der Waals surface area contributed by atoms with Gasteiger partial charge in [-0.25, -0.2) is 9.89 Å². The SMILES string of the molecule is CCn1ccc(CC(NC(=O)C=Cc2cc(Cl)ccc2-n2cnnn2)c2cc(-c3ccc(NC(=O)OC)cc3)c(=O)[nH]n2)n1. The Morgan fingerprint density at radius 3 is 2.66 bits per heavy atom. The first-order valence-corrected chi connectivity index (χ1v) is 13.8. The second-order valence-electron chi connectivity index (χ2n) is 9.45. The number of carbonyl (C=O) groups is 2. The number of nitrogens with zero attached hydrogens (tertiary/aromatic N) is 7. The molecule has 2 aromatic carbocycles. The molecule has 3 aromatic heterocycles. The van der Waals surface area contributed by atoms with Crippen molar-refractivity contribution >= 4 is 35.4 Å². The Hall–Kier alpha value is -5.63. The maximum atomic E-state index is 13.3. The lowest BCUT2D eigenvalue weighted by atomic mass is 10.0. The fourth-order valence-electron chi connectivity index (χ4n) is 4.37. The van der Waals surface area contributed by atoms with Crippen molar-refractivity contribution < 1.29 is 14.3 Å². The lowest BCUT2D eigenvalue weighted by molar-refractivity contribution is -0.117. The molecular weight excluding hydrogens is 588 g/mol. The average Bonchev–Trinajstić information content (AvgIpc) is 3.73. The summed E-state index contributed by atoms with van der Waals surface area (Å²) in [5.41, 5.74) is 3.39. The Kier molecular flexibility index (Phi) is 9.20. The standard InChI is InChI=1S/C29H27ClN10O4/c1-3-39-13-12-22(36-39)15-24(33-27(41)11-6-19-14-20(30)7-10-26(19)40-17-31-37-38-40)25-16-23(28(42)35-34-25)18-4-8-21(9-5-18)32-29(43)44-2/h4-14,16-17,24H,3,15H2,1-2H3,(H,32,43)(H,33,41)(H,35,42). The predicted octanol–water partition coefficient (Wildman–Crippen LogP) is 3.57. The molecule has 0 aliphatic heterocycles. The number of carbonyl (C=O) groups excluding carboxylic acids is 2. The lowest BCUT2D eigenvalue weighted by Crippen LogP contribution is -2.30. The Balaban J connectivity index is 1.43. The second kappa shape index (κ2) is 13.6. The van der Waals surface area contributed by atoms with E-state index in [1.165, 1.54) is 24.2 Å².